The molecule has 9 rings (SSSR count). The van der Waals surface area contributed by atoms with Gasteiger partial charge in [-0.05, 0) is 62.3 Å². The van der Waals surface area contributed by atoms with Crippen molar-refractivity contribution in [3.05, 3.63) is 65.6 Å². The molecule has 4 fully saturated rings. The van der Waals surface area contributed by atoms with Gasteiger partial charge in [-0.3, -0.25) is 29.2 Å². The number of anilines is 3. The number of nitrogens with one attached hydrogen (secondary N) is 3. The molecular weight excluding hydrogens is 773 g/mol. The van der Waals surface area contributed by atoms with E-state index in [-0.39, 0.29) is 24.7 Å². The minimum atomic E-state index is -0.749. The number of imide groups is 1. The molecule has 7 heterocycles. The lowest BCUT2D eigenvalue weighted by atomic mass is 9.94. The van der Waals surface area contributed by atoms with Crippen molar-refractivity contribution in [2.45, 2.75) is 50.6 Å². The first kappa shape index (κ1) is 38.8. The molecule has 3 aromatic heterocycles. The molecule has 308 valence electrons. The lowest BCUT2D eigenvalue weighted by molar-refractivity contribution is -0.134. The van der Waals surface area contributed by atoms with Gasteiger partial charge in [-0.25, -0.2) is 9.97 Å². The van der Waals surface area contributed by atoms with E-state index in [0.29, 0.717) is 47.6 Å². The number of benzene rings is 2. The Hall–Kier alpha value is -5.65. The molecule has 17 heteroatoms. The Morgan fingerprint density at radius 2 is 1.76 bits per heavy atom. The largest absolute Gasteiger partial charge is 0.496 e. The number of rotatable bonds is 10. The molecular formula is C42H48N10O6S. The third-order valence-corrected chi connectivity index (χ3v) is 13.0. The van der Waals surface area contributed by atoms with Crippen molar-refractivity contribution in [1.82, 2.24) is 35.3 Å². The van der Waals surface area contributed by atoms with E-state index in [0.717, 1.165) is 104 Å². The van der Waals surface area contributed by atoms with Gasteiger partial charge in [0.15, 0.2) is 0 Å². The molecule has 4 aliphatic rings. The van der Waals surface area contributed by atoms with Crippen molar-refractivity contribution >= 4 is 73.1 Å². The summed E-state index contributed by atoms with van der Waals surface area (Å²) in [6.45, 7) is 7.66. The highest BCUT2D eigenvalue weighted by Gasteiger charge is 2.30. The van der Waals surface area contributed by atoms with E-state index in [9.17, 15) is 19.2 Å². The minimum absolute atomic E-state index is 0.193. The summed E-state index contributed by atoms with van der Waals surface area (Å²) in [6.07, 6.45) is 9.99. The summed E-state index contributed by atoms with van der Waals surface area (Å²) in [5.74, 6) is -0.358. The number of likely N-dealkylation sites (tertiary alicyclic amines) is 1. The first-order valence-electron chi connectivity index (χ1n) is 20.4. The van der Waals surface area contributed by atoms with Crippen LogP contribution in [0.2, 0.25) is 0 Å². The predicted octanol–water partition coefficient (Wildman–Crippen LogP) is 4.23. The van der Waals surface area contributed by atoms with Crippen LogP contribution in [0.4, 0.5) is 17.1 Å². The smallest absolute Gasteiger partial charge is 0.258 e. The van der Waals surface area contributed by atoms with Crippen LogP contribution >= 0.6 is 11.3 Å². The fourth-order valence-electron chi connectivity index (χ4n) is 8.80. The number of amides is 4. The SMILES string of the molecule is COc1cc(N2CCC(CN3CCC(n4cc5cc(NC(=O)c6csc7cncnc67)c(N6CCOCC6)cc5n4)CC3)CC2)ccc1C(=O)N[C@H]1CCC(=O)NC1=O. The fraction of sp³-hybridized carbons (Fsp3) is 0.452. The number of aromatic nitrogens is 4. The zero-order valence-electron chi connectivity index (χ0n) is 33.0. The maximum absolute atomic E-state index is 13.6. The van der Waals surface area contributed by atoms with Crippen molar-refractivity contribution in [3.63, 3.8) is 0 Å². The van der Waals surface area contributed by atoms with E-state index < -0.39 is 17.9 Å². The lowest BCUT2D eigenvalue weighted by Crippen LogP contribution is -2.52. The Morgan fingerprint density at radius 1 is 0.949 bits per heavy atom. The Morgan fingerprint density at radius 3 is 2.54 bits per heavy atom. The molecule has 0 saturated carbocycles. The van der Waals surface area contributed by atoms with Crippen LogP contribution in [0, 0.1) is 5.92 Å². The summed E-state index contributed by atoms with van der Waals surface area (Å²) in [6, 6.07) is 9.29. The Balaban J connectivity index is 0.799. The second kappa shape index (κ2) is 16.9. The average molecular weight is 821 g/mol. The zero-order valence-corrected chi connectivity index (χ0v) is 33.8. The van der Waals surface area contributed by atoms with Gasteiger partial charge in [0.2, 0.25) is 11.8 Å². The molecule has 4 amide bonds. The number of piperidine rings is 3. The van der Waals surface area contributed by atoms with Gasteiger partial charge in [0.25, 0.3) is 11.8 Å². The molecule has 0 bridgehead atoms. The molecule has 3 N–H and O–H groups in total. The molecule has 5 aromatic rings. The quantitative estimate of drug-likeness (QED) is 0.171. The van der Waals surface area contributed by atoms with Gasteiger partial charge in [-0.1, -0.05) is 0 Å². The van der Waals surface area contributed by atoms with E-state index in [1.807, 2.05) is 17.5 Å². The van der Waals surface area contributed by atoms with E-state index in [1.165, 1.54) is 24.8 Å². The molecule has 4 aliphatic heterocycles. The maximum Gasteiger partial charge on any atom is 0.258 e. The number of thiophene rings is 1. The van der Waals surface area contributed by atoms with Crippen molar-refractivity contribution in [3.8, 4) is 5.75 Å². The van der Waals surface area contributed by atoms with Crippen LogP contribution in [0.3, 0.4) is 0 Å². The van der Waals surface area contributed by atoms with Crippen LogP contribution < -0.4 is 30.5 Å². The highest BCUT2D eigenvalue weighted by molar-refractivity contribution is 7.17. The average Bonchev–Trinajstić information content (AvgIpc) is 3.89. The first-order valence-corrected chi connectivity index (χ1v) is 21.3. The standard InChI is InChI=1S/C42H48N10O6S/c1-57-36-19-29(2-3-30(36)40(54)45-32-4-5-38(53)47-42(32)56)50-12-6-26(7-13-50)22-49-10-8-28(9-11-49)52-23-27-18-34(35(20-33(27)48-52)51-14-16-58-17-15-51)46-41(55)31-24-59-37-21-43-25-44-39(31)37/h2-3,18-21,23-26,28,32H,4-17,22H2,1H3,(H,45,54)(H,46,55)(H,47,53,56)/t32-/m0/s1. The summed E-state index contributed by atoms with van der Waals surface area (Å²) in [7, 11) is 1.54. The number of carbonyl (C=O) groups is 4. The topological polar surface area (TPSA) is 176 Å². The number of hydrogen-bond acceptors (Lipinski definition) is 13. The van der Waals surface area contributed by atoms with Crippen molar-refractivity contribution in [2.24, 2.45) is 5.92 Å². The number of nitrogens with zero attached hydrogens (tertiary/aromatic N) is 7. The van der Waals surface area contributed by atoms with E-state index in [1.54, 1.807) is 12.3 Å². The molecule has 16 nitrogen and oxygen atoms in total. The molecule has 2 aromatic carbocycles. The van der Waals surface area contributed by atoms with E-state index >= 15 is 0 Å². The van der Waals surface area contributed by atoms with Gasteiger partial charge in [0, 0.05) is 87.1 Å². The van der Waals surface area contributed by atoms with Crippen molar-refractivity contribution in [2.75, 3.05) is 81.3 Å². The van der Waals surface area contributed by atoms with Crippen LogP contribution in [-0.2, 0) is 14.3 Å². The highest BCUT2D eigenvalue weighted by Crippen LogP contribution is 2.35. The van der Waals surface area contributed by atoms with Crippen LogP contribution in [-0.4, -0.2) is 120 Å². The molecule has 59 heavy (non-hydrogen) atoms. The summed E-state index contributed by atoms with van der Waals surface area (Å²) in [4.78, 5) is 66.0. The van der Waals surface area contributed by atoms with Crippen molar-refractivity contribution in [1.29, 1.82) is 0 Å². The number of methoxy groups -OCH3 is 1. The zero-order chi connectivity index (χ0) is 40.5. The lowest BCUT2D eigenvalue weighted by Gasteiger charge is -2.38. The van der Waals surface area contributed by atoms with Crippen LogP contribution in [0.15, 0.2) is 54.4 Å². The molecule has 0 unspecified atom stereocenters. The number of fused-ring (bicyclic) bond motifs is 2. The molecule has 0 radical (unpaired) electrons. The number of hydrogen-bond donors (Lipinski definition) is 3. The molecule has 4 saturated heterocycles. The minimum Gasteiger partial charge on any atom is -0.496 e. The summed E-state index contributed by atoms with van der Waals surface area (Å²) in [5.41, 5.74) is 5.16. The normalized spacial score (nSPS) is 19.9. The summed E-state index contributed by atoms with van der Waals surface area (Å²) in [5, 5.41) is 16.1. The number of morpholine rings is 1. The fourth-order valence-corrected chi connectivity index (χ4v) is 9.66. The second-order valence-electron chi connectivity index (χ2n) is 15.8. The molecule has 1 atom stereocenters. The number of carbonyl (C=O) groups excluding carboxylic acids is 4. The Labute approximate surface area is 345 Å². The van der Waals surface area contributed by atoms with Gasteiger partial charge in [-0.15, -0.1) is 11.3 Å². The maximum atomic E-state index is 13.6. The van der Waals surface area contributed by atoms with Gasteiger partial charge in [0.1, 0.15) is 18.1 Å². The Bertz CT molecular complexity index is 2380. The van der Waals surface area contributed by atoms with Crippen LogP contribution in [0.25, 0.3) is 21.1 Å². The predicted molar refractivity (Wildman–Crippen MR) is 224 cm³/mol. The van der Waals surface area contributed by atoms with E-state index in [2.05, 4.69) is 63.6 Å². The summed E-state index contributed by atoms with van der Waals surface area (Å²) < 4.78 is 14.3. The monoisotopic (exact) mass is 820 g/mol. The Kier molecular flexibility index (Phi) is 11.1. The van der Waals surface area contributed by atoms with Gasteiger partial charge in [-0.2, -0.15) is 5.10 Å². The second-order valence-corrected chi connectivity index (χ2v) is 16.7. The molecule has 0 aliphatic carbocycles. The van der Waals surface area contributed by atoms with E-state index in [4.69, 9.17) is 14.6 Å². The van der Waals surface area contributed by atoms with Crippen LogP contribution in [0.1, 0.15) is 65.3 Å². The third-order valence-electron chi connectivity index (χ3n) is 12.1. The van der Waals surface area contributed by atoms with Crippen molar-refractivity contribution < 1.29 is 28.7 Å². The third kappa shape index (κ3) is 8.31. The first-order chi connectivity index (χ1) is 28.8. The van der Waals surface area contributed by atoms with Gasteiger partial charge < -0.3 is 34.8 Å². The van der Waals surface area contributed by atoms with Gasteiger partial charge >= 0.3 is 0 Å². The van der Waals surface area contributed by atoms with Gasteiger partial charge in [0.05, 0.1) is 64.6 Å². The number of ether oxygens (including phenoxy) is 2. The highest BCUT2D eigenvalue weighted by atomic mass is 32.1. The summed E-state index contributed by atoms with van der Waals surface area (Å²) >= 11 is 1.46. The van der Waals surface area contributed by atoms with Crippen LogP contribution in [0.5, 0.6) is 5.75 Å². The molecule has 0 spiro atoms.